The van der Waals surface area contributed by atoms with Crippen molar-refractivity contribution in [1.82, 2.24) is 14.0 Å². The van der Waals surface area contributed by atoms with Crippen LogP contribution in [0.5, 0.6) is 5.75 Å². The molecule has 0 saturated carbocycles. The Hall–Kier alpha value is -4.00. The number of rotatable bonds is 5. The van der Waals surface area contributed by atoms with Gasteiger partial charge in [-0.15, -0.1) is 0 Å². The van der Waals surface area contributed by atoms with Crippen molar-refractivity contribution in [2.45, 2.75) is 19.1 Å². The van der Waals surface area contributed by atoms with Gasteiger partial charge in [-0.2, -0.15) is 0 Å². The van der Waals surface area contributed by atoms with Gasteiger partial charge in [0, 0.05) is 39.3 Å². The largest absolute Gasteiger partial charge is 0.432 e. The number of piperazine rings is 1. The molecule has 0 aliphatic carbocycles. The molecule has 0 spiro atoms. The lowest BCUT2D eigenvalue weighted by Crippen LogP contribution is -2.58. The molecule has 34 heavy (non-hydrogen) atoms. The fourth-order valence-electron chi connectivity index (χ4n) is 4.16. The Morgan fingerprint density at radius 1 is 1.03 bits per heavy atom. The van der Waals surface area contributed by atoms with Crippen molar-refractivity contribution in [3.63, 3.8) is 0 Å². The lowest BCUT2D eigenvalue weighted by Gasteiger charge is -2.42. The monoisotopic (exact) mass is 473 g/mol. The number of carbonyl (C=O) groups excluding carboxylic acids is 2. The van der Waals surface area contributed by atoms with Crippen molar-refractivity contribution in [1.29, 1.82) is 0 Å². The number of ether oxygens (including phenoxy) is 2. The molecule has 0 radical (unpaired) electrons. The van der Waals surface area contributed by atoms with Gasteiger partial charge in [0.05, 0.1) is 11.5 Å². The number of non-ortho nitro benzene ring substituents is 1. The predicted octanol–water partition coefficient (Wildman–Crippen LogP) is -0.465. The molecule has 1 aromatic carbocycles. The van der Waals surface area contributed by atoms with Crippen LogP contribution < -0.4 is 20.9 Å². The summed E-state index contributed by atoms with van der Waals surface area (Å²) in [4.78, 5) is 63.4. The SMILES string of the molecule is Cn1c2c(c(=O)n(C)c1=O)OC(=O)C(=O)OC1CN(CCCc3ccc([N+](=O)[O-])cc3)CCN21. The van der Waals surface area contributed by atoms with E-state index in [4.69, 9.17) is 9.47 Å². The molecule has 2 aliphatic rings. The average molecular weight is 473 g/mol. The zero-order chi connectivity index (χ0) is 24.6. The van der Waals surface area contributed by atoms with Gasteiger partial charge >= 0.3 is 23.2 Å². The highest BCUT2D eigenvalue weighted by molar-refractivity contribution is 6.30. The van der Waals surface area contributed by atoms with Crippen molar-refractivity contribution in [2.24, 2.45) is 14.1 Å². The zero-order valence-electron chi connectivity index (χ0n) is 18.6. The maximum atomic E-state index is 12.6. The standard InChI is InChI=1S/C21H23N5O8/c1-22-17-16(18(27)23(2)21(22)30)34-20(29)19(28)33-15-12-24(10-11-25(15)17)9-3-4-13-5-7-14(8-6-13)26(31)32/h5-8,15H,3-4,9-12H2,1-2H3. The molecule has 180 valence electrons. The van der Waals surface area contributed by atoms with Crippen LogP contribution in [0.1, 0.15) is 12.0 Å². The number of hydrogen-bond acceptors (Lipinski definition) is 10. The second-order valence-electron chi connectivity index (χ2n) is 8.13. The predicted molar refractivity (Wildman–Crippen MR) is 118 cm³/mol. The maximum Gasteiger partial charge on any atom is 0.423 e. The Bertz CT molecular complexity index is 1270. The Balaban J connectivity index is 1.51. The van der Waals surface area contributed by atoms with Crippen molar-refractivity contribution < 1.29 is 24.0 Å². The number of anilines is 1. The molecule has 0 amide bonds. The molecule has 1 aromatic heterocycles. The quantitative estimate of drug-likeness (QED) is 0.242. The molecule has 3 heterocycles. The minimum absolute atomic E-state index is 0.0361. The van der Waals surface area contributed by atoms with Crippen LogP contribution in [0.25, 0.3) is 0 Å². The highest BCUT2D eigenvalue weighted by Gasteiger charge is 2.39. The van der Waals surface area contributed by atoms with Gasteiger partial charge in [0.2, 0.25) is 5.75 Å². The van der Waals surface area contributed by atoms with Crippen LogP contribution >= 0.6 is 0 Å². The third-order valence-corrected chi connectivity index (χ3v) is 5.98. The second kappa shape index (κ2) is 9.09. The minimum Gasteiger partial charge on any atom is -0.432 e. The summed E-state index contributed by atoms with van der Waals surface area (Å²) in [5, 5.41) is 10.8. The van der Waals surface area contributed by atoms with Gasteiger partial charge in [-0.05, 0) is 24.9 Å². The molecule has 1 fully saturated rings. The van der Waals surface area contributed by atoms with E-state index in [0.29, 0.717) is 26.1 Å². The number of fused-ring (bicyclic) bond motifs is 3. The number of esters is 2. The van der Waals surface area contributed by atoms with Crippen LogP contribution in [-0.2, 0) is 34.8 Å². The van der Waals surface area contributed by atoms with Gasteiger partial charge in [0.15, 0.2) is 12.0 Å². The number of nitro groups is 1. The molecule has 13 heteroatoms. The van der Waals surface area contributed by atoms with E-state index in [1.54, 1.807) is 17.0 Å². The molecule has 13 nitrogen and oxygen atoms in total. The van der Waals surface area contributed by atoms with Gasteiger partial charge in [0.25, 0.3) is 5.69 Å². The summed E-state index contributed by atoms with van der Waals surface area (Å²) in [5.74, 6) is -2.84. The third kappa shape index (κ3) is 4.29. The molecule has 1 saturated heterocycles. The number of aryl methyl sites for hydroxylation is 1. The van der Waals surface area contributed by atoms with Crippen LogP contribution in [0.2, 0.25) is 0 Å². The molecule has 0 N–H and O–H groups in total. The normalized spacial score (nSPS) is 18.3. The van der Waals surface area contributed by atoms with E-state index in [-0.39, 0.29) is 23.8 Å². The first kappa shape index (κ1) is 23.2. The molecule has 0 bridgehead atoms. The van der Waals surface area contributed by atoms with Gasteiger partial charge < -0.3 is 14.4 Å². The number of nitrogens with zero attached hydrogens (tertiary/aromatic N) is 5. The topological polar surface area (TPSA) is 146 Å². The minimum atomic E-state index is -1.33. The molecular formula is C21H23N5O8. The maximum absolute atomic E-state index is 12.6. The van der Waals surface area contributed by atoms with E-state index < -0.39 is 34.3 Å². The smallest absolute Gasteiger partial charge is 0.423 e. The van der Waals surface area contributed by atoms with E-state index in [9.17, 15) is 29.3 Å². The Labute approximate surface area is 192 Å². The van der Waals surface area contributed by atoms with Crippen molar-refractivity contribution in [3.05, 3.63) is 60.8 Å². The van der Waals surface area contributed by atoms with Crippen LogP contribution in [0, 0.1) is 10.1 Å². The van der Waals surface area contributed by atoms with Crippen molar-refractivity contribution >= 4 is 23.4 Å². The Morgan fingerprint density at radius 3 is 2.41 bits per heavy atom. The first-order chi connectivity index (χ1) is 16.2. The molecule has 2 aliphatic heterocycles. The first-order valence-corrected chi connectivity index (χ1v) is 10.6. The highest BCUT2D eigenvalue weighted by Crippen LogP contribution is 2.29. The summed E-state index contributed by atoms with van der Waals surface area (Å²) < 4.78 is 12.4. The Kier molecular flexibility index (Phi) is 6.20. The van der Waals surface area contributed by atoms with Gasteiger partial charge in [-0.25, -0.2) is 14.4 Å². The first-order valence-electron chi connectivity index (χ1n) is 10.6. The summed E-state index contributed by atoms with van der Waals surface area (Å²) in [5.41, 5.74) is -0.417. The van der Waals surface area contributed by atoms with Crippen LogP contribution in [-0.4, -0.2) is 63.3 Å². The third-order valence-electron chi connectivity index (χ3n) is 5.98. The van der Waals surface area contributed by atoms with Crippen LogP contribution in [0.15, 0.2) is 33.9 Å². The number of hydrogen-bond donors (Lipinski definition) is 0. The molecular weight excluding hydrogens is 450 g/mol. The summed E-state index contributed by atoms with van der Waals surface area (Å²) in [6.07, 6.45) is 0.545. The van der Waals surface area contributed by atoms with E-state index in [0.717, 1.165) is 16.6 Å². The van der Waals surface area contributed by atoms with Gasteiger partial charge in [-0.3, -0.25) is 28.9 Å². The van der Waals surface area contributed by atoms with E-state index >= 15 is 0 Å². The summed E-state index contributed by atoms with van der Waals surface area (Å²) in [6, 6.07) is 6.37. The summed E-state index contributed by atoms with van der Waals surface area (Å²) >= 11 is 0. The van der Waals surface area contributed by atoms with Crippen LogP contribution in [0.4, 0.5) is 11.5 Å². The van der Waals surface area contributed by atoms with Gasteiger partial charge in [-0.1, -0.05) is 12.1 Å². The summed E-state index contributed by atoms with van der Waals surface area (Å²) in [6.45, 7) is 1.76. The zero-order valence-corrected chi connectivity index (χ0v) is 18.6. The molecule has 1 unspecified atom stereocenters. The number of carbonyl (C=O) groups is 2. The second-order valence-corrected chi connectivity index (χ2v) is 8.13. The molecule has 1 atom stereocenters. The van der Waals surface area contributed by atoms with E-state index in [1.807, 2.05) is 4.90 Å². The lowest BCUT2D eigenvalue weighted by molar-refractivity contribution is -0.384. The van der Waals surface area contributed by atoms with E-state index in [1.165, 1.54) is 30.8 Å². The van der Waals surface area contributed by atoms with Crippen LogP contribution in [0.3, 0.4) is 0 Å². The molecule has 4 rings (SSSR count). The number of aromatic nitrogens is 2. The van der Waals surface area contributed by atoms with Crippen molar-refractivity contribution in [2.75, 3.05) is 31.1 Å². The fourth-order valence-corrected chi connectivity index (χ4v) is 4.16. The molecule has 2 aromatic rings. The number of benzene rings is 1. The highest BCUT2D eigenvalue weighted by atomic mass is 16.6. The van der Waals surface area contributed by atoms with E-state index in [2.05, 4.69) is 0 Å². The summed E-state index contributed by atoms with van der Waals surface area (Å²) in [7, 11) is 2.71. The van der Waals surface area contributed by atoms with Gasteiger partial charge in [0.1, 0.15) is 0 Å². The average Bonchev–Trinajstić information content (AvgIpc) is 2.81. The van der Waals surface area contributed by atoms with Crippen molar-refractivity contribution in [3.8, 4) is 5.75 Å². The fraction of sp³-hybridized carbons (Fsp3) is 0.429. The number of nitro benzene ring substituents is 1. The Morgan fingerprint density at radius 2 is 1.74 bits per heavy atom. The lowest BCUT2D eigenvalue weighted by atomic mass is 10.1.